The minimum absolute atomic E-state index is 0.263. The van der Waals surface area contributed by atoms with E-state index in [1.807, 2.05) is 0 Å². The molecule has 1 nitrogen and oxygen atoms in total. The maximum atomic E-state index is 3.70. The summed E-state index contributed by atoms with van der Waals surface area (Å²) in [5.74, 6) is 0. The van der Waals surface area contributed by atoms with Crippen molar-refractivity contribution in [3.05, 3.63) is 102 Å². The molecule has 0 unspecified atom stereocenters. The van der Waals surface area contributed by atoms with Crippen molar-refractivity contribution in [2.24, 2.45) is 0 Å². The lowest BCUT2D eigenvalue weighted by Gasteiger charge is -2.32. The van der Waals surface area contributed by atoms with Gasteiger partial charge in [0.2, 0.25) is 0 Å². The van der Waals surface area contributed by atoms with Gasteiger partial charge < -0.3 is 5.32 Å². The molecular formula is C19H15N. The molecule has 0 saturated carbocycles. The van der Waals surface area contributed by atoms with Crippen LogP contribution in [0, 0.1) is 0 Å². The van der Waals surface area contributed by atoms with Gasteiger partial charge in [-0.15, -0.1) is 0 Å². The van der Waals surface area contributed by atoms with Gasteiger partial charge in [-0.05, 0) is 28.8 Å². The summed E-state index contributed by atoms with van der Waals surface area (Å²) in [6.45, 7) is 0. The molecular weight excluding hydrogens is 242 g/mol. The third kappa shape index (κ3) is 1.50. The van der Waals surface area contributed by atoms with E-state index in [1.165, 1.54) is 22.4 Å². The van der Waals surface area contributed by atoms with Crippen molar-refractivity contribution in [3.63, 3.8) is 0 Å². The van der Waals surface area contributed by atoms with Crippen LogP contribution in [0.3, 0.4) is 0 Å². The lowest BCUT2D eigenvalue weighted by atomic mass is 9.79. The Labute approximate surface area is 118 Å². The number of nitrogens with one attached hydrogen (secondary N) is 1. The Bertz CT molecular complexity index is 692. The van der Waals surface area contributed by atoms with E-state index < -0.39 is 0 Å². The van der Waals surface area contributed by atoms with E-state index in [9.17, 15) is 0 Å². The molecule has 1 aliphatic rings. The van der Waals surface area contributed by atoms with Crippen LogP contribution in [0.5, 0.6) is 0 Å². The highest BCUT2D eigenvalue weighted by molar-refractivity contribution is 5.67. The van der Waals surface area contributed by atoms with E-state index in [1.54, 1.807) is 0 Å². The van der Waals surface area contributed by atoms with Gasteiger partial charge in [0.25, 0.3) is 0 Å². The van der Waals surface area contributed by atoms with E-state index in [0.29, 0.717) is 0 Å². The van der Waals surface area contributed by atoms with Crippen LogP contribution in [-0.2, 0) is 5.54 Å². The molecule has 3 aromatic rings. The number of hydrogen-bond acceptors (Lipinski definition) is 1. The molecule has 0 aromatic heterocycles. The summed E-state index contributed by atoms with van der Waals surface area (Å²) in [4.78, 5) is 0. The molecule has 4 rings (SSSR count). The highest BCUT2D eigenvalue weighted by Crippen LogP contribution is 2.44. The van der Waals surface area contributed by atoms with Gasteiger partial charge in [-0.2, -0.15) is 0 Å². The third-order valence-corrected chi connectivity index (χ3v) is 4.04. The lowest BCUT2D eigenvalue weighted by Crippen LogP contribution is -2.34. The maximum Gasteiger partial charge on any atom is 0.114 e. The van der Waals surface area contributed by atoms with E-state index in [0.717, 1.165) is 0 Å². The molecule has 0 fully saturated rings. The quantitative estimate of drug-likeness (QED) is 0.717. The van der Waals surface area contributed by atoms with Crippen molar-refractivity contribution in [2.45, 2.75) is 5.54 Å². The SMILES string of the molecule is c1ccc(C2(c3ccccc3)Nc3cccc2c3)cc1. The van der Waals surface area contributed by atoms with Gasteiger partial charge in [-0.3, -0.25) is 0 Å². The Morgan fingerprint density at radius 2 is 1.10 bits per heavy atom. The second kappa shape index (κ2) is 4.24. The van der Waals surface area contributed by atoms with E-state index in [-0.39, 0.29) is 5.54 Å². The zero-order chi connectivity index (χ0) is 13.4. The molecule has 0 saturated heterocycles. The summed E-state index contributed by atoms with van der Waals surface area (Å²) in [6.07, 6.45) is 0. The molecule has 96 valence electrons. The Kier molecular flexibility index (Phi) is 2.40. The van der Waals surface area contributed by atoms with Gasteiger partial charge >= 0.3 is 0 Å². The number of rotatable bonds is 2. The summed E-state index contributed by atoms with van der Waals surface area (Å²) in [7, 11) is 0. The largest absolute Gasteiger partial charge is 0.368 e. The highest BCUT2D eigenvalue weighted by Gasteiger charge is 2.39. The molecule has 0 amide bonds. The first-order valence-electron chi connectivity index (χ1n) is 6.89. The van der Waals surface area contributed by atoms with Crippen LogP contribution < -0.4 is 5.32 Å². The van der Waals surface area contributed by atoms with Crippen LogP contribution in [0.25, 0.3) is 0 Å². The first-order chi connectivity index (χ1) is 9.89. The summed E-state index contributed by atoms with van der Waals surface area (Å²) < 4.78 is 0. The predicted molar refractivity (Wildman–Crippen MR) is 82.8 cm³/mol. The number of benzene rings is 3. The van der Waals surface area contributed by atoms with Gasteiger partial charge in [0.15, 0.2) is 0 Å². The summed E-state index contributed by atoms with van der Waals surface area (Å²) in [5.41, 5.74) is 4.75. The van der Waals surface area contributed by atoms with Crippen molar-refractivity contribution in [2.75, 3.05) is 5.32 Å². The second-order valence-corrected chi connectivity index (χ2v) is 5.19. The Morgan fingerprint density at radius 1 is 0.550 bits per heavy atom. The van der Waals surface area contributed by atoms with Crippen molar-refractivity contribution in [1.82, 2.24) is 0 Å². The summed E-state index contributed by atoms with van der Waals surface area (Å²) >= 11 is 0. The fourth-order valence-electron chi connectivity index (χ4n) is 3.14. The summed E-state index contributed by atoms with van der Waals surface area (Å²) in [5, 5.41) is 3.70. The molecule has 2 bridgehead atoms. The molecule has 1 heteroatoms. The van der Waals surface area contributed by atoms with Gasteiger partial charge in [0.05, 0.1) is 0 Å². The van der Waals surface area contributed by atoms with Gasteiger partial charge in [0, 0.05) is 5.69 Å². The van der Waals surface area contributed by atoms with Gasteiger partial charge in [-0.25, -0.2) is 0 Å². The van der Waals surface area contributed by atoms with Crippen molar-refractivity contribution in [3.8, 4) is 0 Å². The molecule has 1 N–H and O–H groups in total. The fraction of sp³-hybridized carbons (Fsp3) is 0.0526. The van der Waals surface area contributed by atoms with Gasteiger partial charge in [0.1, 0.15) is 5.54 Å². The smallest absolute Gasteiger partial charge is 0.114 e. The molecule has 0 atom stereocenters. The van der Waals surface area contributed by atoms with Gasteiger partial charge in [-0.1, -0.05) is 72.8 Å². The highest BCUT2D eigenvalue weighted by atomic mass is 15.0. The average Bonchev–Trinajstić information content (AvgIpc) is 2.80. The standard InChI is InChI=1S/C19H15N/c1-3-8-15(9-4-1)19(16-10-5-2-6-11-16)17-12-7-13-18(14-17)20-19/h1-14,20H. The Balaban J connectivity index is 2.00. The number of hydrogen-bond donors (Lipinski definition) is 1. The number of fused-ring (bicyclic) bond motifs is 2. The first-order valence-corrected chi connectivity index (χ1v) is 6.89. The Hall–Kier alpha value is -2.54. The maximum absolute atomic E-state index is 3.70. The average molecular weight is 257 g/mol. The molecule has 3 aromatic carbocycles. The van der Waals surface area contributed by atoms with Crippen molar-refractivity contribution < 1.29 is 0 Å². The summed E-state index contributed by atoms with van der Waals surface area (Å²) in [6, 6.07) is 30.0. The molecule has 1 aliphatic heterocycles. The van der Waals surface area contributed by atoms with Crippen LogP contribution in [0.4, 0.5) is 5.69 Å². The Morgan fingerprint density at radius 3 is 1.65 bits per heavy atom. The van der Waals surface area contributed by atoms with E-state index in [4.69, 9.17) is 0 Å². The molecule has 0 aliphatic carbocycles. The second-order valence-electron chi connectivity index (χ2n) is 5.19. The lowest BCUT2D eigenvalue weighted by molar-refractivity contribution is 0.735. The van der Waals surface area contributed by atoms with Crippen LogP contribution in [0.1, 0.15) is 16.7 Å². The van der Waals surface area contributed by atoms with Crippen LogP contribution in [0.15, 0.2) is 84.9 Å². The van der Waals surface area contributed by atoms with Crippen molar-refractivity contribution in [1.29, 1.82) is 0 Å². The molecule has 0 radical (unpaired) electrons. The molecule has 0 spiro atoms. The molecule has 20 heavy (non-hydrogen) atoms. The minimum atomic E-state index is -0.263. The zero-order valence-electron chi connectivity index (χ0n) is 11.1. The monoisotopic (exact) mass is 257 g/mol. The van der Waals surface area contributed by atoms with E-state index in [2.05, 4.69) is 90.2 Å². The molecule has 1 heterocycles. The normalized spacial score (nSPS) is 14.8. The topological polar surface area (TPSA) is 12.0 Å². The minimum Gasteiger partial charge on any atom is -0.368 e. The fourth-order valence-corrected chi connectivity index (χ4v) is 3.14. The van der Waals surface area contributed by atoms with Crippen LogP contribution in [0.2, 0.25) is 0 Å². The van der Waals surface area contributed by atoms with E-state index >= 15 is 0 Å². The number of anilines is 1. The van der Waals surface area contributed by atoms with Crippen LogP contribution in [-0.4, -0.2) is 0 Å². The zero-order valence-corrected chi connectivity index (χ0v) is 11.1. The first kappa shape index (κ1) is 11.3. The van der Waals surface area contributed by atoms with Crippen LogP contribution >= 0.6 is 0 Å². The third-order valence-electron chi connectivity index (χ3n) is 4.04. The van der Waals surface area contributed by atoms with Crippen molar-refractivity contribution >= 4 is 5.69 Å². The predicted octanol–water partition coefficient (Wildman–Crippen LogP) is 4.40.